The molecule has 6 nitrogen and oxygen atoms in total. The van der Waals surface area contributed by atoms with Gasteiger partial charge in [0.25, 0.3) is 0 Å². The summed E-state index contributed by atoms with van der Waals surface area (Å²) in [5.74, 6) is 0.290. The Balaban J connectivity index is 1.87. The molecule has 2 unspecified atom stereocenters. The summed E-state index contributed by atoms with van der Waals surface area (Å²) in [6, 6.07) is 0.108. The monoisotopic (exact) mass is 289 g/mol. The summed E-state index contributed by atoms with van der Waals surface area (Å²) in [6.45, 7) is 0.990. The third-order valence-corrected chi connectivity index (χ3v) is 5.98. The molecule has 0 radical (unpaired) electrons. The van der Waals surface area contributed by atoms with Gasteiger partial charge in [0.2, 0.25) is 15.9 Å². The average molecular weight is 289 g/mol. The zero-order valence-corrected chi connectivity index (χ0v) is 12.0. The van der Waals surface area contributed by atoms with Gasteiger partial charge >= 0.3 is 0 Å². The highest BCUT2D eigenvalue weighted by molar-refractivity contribution is 7.89. The van der Waals surface area contributed by atoms with Crippen LogP contribution in [0.3, 0.4) is 0 Å². The minimum atomic E-state index is -3.19. The summed E-state index contributed by atoms with van der Waals surface area (Å²) in [7, 11) is -3.19. The Hall–Kier alpha value is -0.660. The predicted molar refractivity (Wildman–Crippen MR) is 72.9 cm³/mol. The number of hydrogen-bond donors (Lipinski definition) is 2. The van der Waals surface area contributed by atoms with Gasteiger partial charge < -0.3 is 11.1 Å². The fraction of sp³-hybridized carbons (Fsp3) is 0.917. The zero-order chi connectivity index (χ0) is 13.9. The highest BCUT2D eigenvalue weighted by Gasteiger charge is 2.31. The van der Waals surface area contributed by atoms with Crippen LogP contribution in [0, 0.1) is 5.92 Å². The van der Waals surface area contributed by atoms with Crippen LogP contribution in [0.4, 0.5) is 0 Å². The van der Waals surface area contributed by atoms with E-state index in [9.17, 15) is 13.2 Å². The van der Waals surface area contributed by atoms with Gasteiger partial charge in [-0.15, -0.1) is 0 Å². The van der Waals surface area contributed by atoms with Crippen molar-refractivity contribution < 1.29 is 13.2 Å². The highest BCUT2D eigenvalue weighted by Crippen LogP contribution is 2.23. The van der Waals surface area contributed by atoms with Crippen LogP contribution in [0.25, 0.3) is 0 Å². The van der Waals surface area contributed by atoms with E-state index in [1.807, 2.05) is 0 Å². The van der Waals surface area contributed by atoms with E-state index in [0.717, 1.165) is 25.7 Å². The number of amides is 1. The maximum Gasteiger partial charge on any atom is 0.235 e. The topological polar surface area (TPSA) is 92.5 Å². The van der Waals surface area contributed by atoms with Crippen molar-refractivity contribution in [2.75, 3.05) is 25.4 Å². The number of carbonyl (C=O) groups excluding carboxylic acids is 1. The summed E-state index contributed by atoms with van der Waals surface area (Å²) in [4.78, 5) is 12.0. The number of sulfonamides is 1. The Labute approximate surface area is 114 Å². The molecule has 0 aromatic heterocycles. The molecule has 2 atom stereocenters. The molecule has 1 amide bonds. The third kappa shape index (κ3) is 3.67. The van der Waals surface area contributed by atoms with Crippen LogP contribution >= 0.6 is 0 Å². The smallest absolute Gasteiger partial charge is 0.235 e. The van der Waals surface area contributed by atoms with Gasteiger partial charge in [-0.25, -0.2) is 8.42 Å². The quantitative estimate of drug-likeness (QED) is 0.740. The van der Waals surface area contributed by atoms with Crippen molar-refractivity contribution in [3.63, 3.8) is 0 Å². The largest absolute Gasteiger partial charge is 0.352 e. The summed E-state index contributed by atoms with van der Waals surface area (Å²) in [5, 5.41) is 2.96. The Bertz CT molecular complexity index is 424. The van der Waals surface area contributed by atoms with Gasteiger partial charge in [0.15, 0.2) is 0 Å². The van der Waals surface area contributed by atoms with Crippen LogP contribution in [0.1, 0.15) is 32.1 Å². The first kappa shape index (κ1) is 14.7. The van der Waals surface area contributed by atoms with E-state index in [4.69, 9.17) is 5.73 Å². The van der Waals surface area contributed by atoms with E-state index in [0.29, 0.717) is 25.4 Å². The molecule has 0 aromatic carbocycles. The Kier molecular flexibility index (Phi) is 4.81. The fourth-order valence-corrected chi connectivity index (χ4v) is 4.43. The maximum absolute atomic E-state index is 12.0. The molecule has 110 valence electrons. The predicted octanol–water partition coefficient (Wildman–Crippen LogP) is -0.344. The molecule has 7 heteroatoms. The first-order valence-corrected chi connectivity index (χ1v) is 8.61. The Morgan fingerprint density at radius 3 is 2.63 bits per heavy atom. The molecule has 2 rings (SSSR count). The van der Waals surface area contributed by atoms with Crippen LogP contribution in [0.15, 0.2) is 0 Å². The van der Waals surface area contributed by atoms with Crippen LogP contribution in [-0.4, -0.2) is 50.1 Å². The molecule has 1 saturated carbocycles. The van der Waals surface area contributed by atoms with Crippen molar-refractivity contribution in [2.45, 2.75) is 38.1 Å². The average Bonchev–Trinajstić information content (AvgIpc) is 2.69. The number of rotatable bonds is 4. The molecule has 0 aromatic rings. The Morgan fingerprint density at radius 2 is 2.00 bits per heavy atom. The maximum atomic E-state index is 12.0. The third-order valence-electron chi connectivity index (χ3n) is 4.08. The molecule has 0 spiro atoms. The number of carbonyl (C=O) groups is 1. The summed E-state index contributed by atoms with van der Waals surface area (Å²) >= 11 is 0. The van der Waals surface area contributed by atoms with Gasteiger partial charge in [-0.2, -0.15) is 4.31 Å². The first-order chi connectivity index (χ1) is 9.03. The van der Waals surface area contributed by atoms with Crippen molar-refractivity contribution in [1.29, 1.82) is 0 Å². The normalized spacial score (nSPS) is 31.2. The van der Waals surface area contributed by atoms with Crippen LogP contribution < -0.4 is 11.1 Å². The van der Waals surface area contributed by atoms with Gasteiger partial charge in [-0.1, -0.05) is 12.8 Å². The highest BCUT2D eigenvalue weighted by atomic mass is 32.2. The van der Waals surface area contributed by atoms with Gasteiger partial charge in [-0.05, 0) is 31.7 Å². The van der Waals surface area contributed by atoms with Gasteiger partial charge in [0.1, 0.15) is 0 Å². The SMILES string of the molecule is NCC1CCCCC1NC(=O)CN1CCCS1(=O)=O. The molecule has 1 aliphatic heterocycles. The molecule has 1 heterocycles. The molecule has 1 saturated heterocycles. The summed E-state index contributed by atoms with van der Waals surface area (Å²) in [5.41, 5.74) is 5.72. The van der Waals surface area contributed by atoms with Crippen molar-refractivity contribution >= 4 is 15.9 Å². The molecule has 3 N–H and O–H groups in total. The second-order valence-electron chi connectivity index (χ2n) is 5.46. The van der Waals surface area contributed by atoms with Gasteiger partial charge in [-0.3, -0.25) is 4.79 Å². The van der Waals surface area contributed by atoms with Crippen molar-refractivity contribution in [3.8, 4) is 0 Å². The summed E-state index contributed by atoms with van der Waals surface area (Å²) in [6.07, 6.45) is 4.87. The van der Waals surface area contributed by atoms with E-state index in [-0.39, 0.29) is 24.2 Å². The Morgan fingerprint density at radius 1 is 1.26 bits per heavy atom. The van der Waals surface area contributed by atoms with Crippen LogP contribution in [-0.2, 0) is 14.8 Å². The lowest BCUT2D eigenvalue weighted by Crippen LogP contribution is -2.48. The van der Waals surface area contributed by atoms with Gasteiger partial charge in [0, 0.05) is 12.6 Å². The lowest BCUT2D eigenvalue weighted by molar-refractivity contribution is -0.122. The van der Waals surface area contributed by atoms with E-state index >= 15 is 0 Å². The van der Waals surface area contributed by atoms with Crippen LogP contribution in [0.2, 0.25) is 0 Å². The lowest BCUT2D eigenvalue weighted by atomic mass is 9.84. The summed E-state index contributed by atoms with van der Waals surface area (Å²) < 4.78 is 24.6. The number of nitrogens with two attached hydrogens (primary N) is 1. The van der Waals surface area contributed by atoms with Crippen LogP contribution in [0.5, 0.6) is 0 Å². The molecule has 1 aliphatic carbocycles. The first-order valence-electron chi connectivity index (χ1n) is 7.00. The number of nitrogens with one attached hydrogen (secondary N) is 1. The van der Waals surface area contributed by atoms with Crippen molar-refractivity contribution in [2.24, 2.45) is 11.7 Å². The van der Waals surface area contributed by atoms with Crippen molar-refractivity contribution in [1.82, 2.24) is 9.62 Å². The fourth-order valence-electron chi connectivity index (χ4n) is 2.96. The van der Waals surface area contributed by atoms with Gasteiger partial charge in [0.05, 0.1) is 12.3 Å². The zero-order valence-electron chi connectivity index (χ0n) is 11.2. The molecule has 19 heavy (non-hydrogen) atoms. The minimum absolute atomic E-state index is 0.0455. The standard InChI is InChI=1S/C12H23N3O3S/c13-8-10-4-1-2-5-11(10)14-12(16)9-15-6-3-7-19(15,17)18/h10-11H,1-9,13H2,(H,14,16). The minimum Gasteiger partial charge on any atom is -0.352 e. The number of hydrogen-bond acceptors (Lipinski definition) is 4. The van der Waals surface area contributed by atoms with E-state index in [1.165, 1.54) is 4.31 Å². The molecule has 0 bridgehead atoms. The molecule has 2 aliphatic rings. The lowest BCUT2D eigenvalue weighted by Gasteiger charge is -2.31. The molecule has 2 fully saturated rings. The number of nitrogens with zero attached hydrogens (tertiary/aromatic N) is 1. The molecular formula is C12H23N3O3S. The molecular weight excluding hydrogens is 266 g/mol. The van der Waals surface area contributed by atoms with E-state index < -0.39 is 10.0 Å². The second-order valence-corrected chi connectivity index (χ2v) is 7.55. The van der Waals surface area contributed by atoms with E-state index in [2.05, 4.69) is 5.32 Å². The second kappa shape index (κ2) is 6.19. The van der Waals surface area contributed by atoms with Crippen molar-refractivity contribution in [3.05, 3.63) is 0 Å². The van der Waals surface area contributed by atoms with E-state index in [1.54, 1.807) is 0 Å².